The second-order valence-electron chi connectivity index (χ2n) is 20.0. The average molecular weight is 905 g/mol. The van der Waals surface area contributed by atoms with Gasteiger partial charge in [0, 0.05) is 12.8 Å². The van der Waals surface area contributed by atoms with Crippen LogP contribution in [0.15, 0.2) is 12.2 Å². The highest BCUT2D eigenvalue weighted by molar-refractivity contribution is 5.76. The third-order valence-electron chi connectivity index (χ3n) is 13.6. The predicted molar refractivity (Wildman–Crippen MR) is 278 cm³/mol. The van der Waals surface area contributed by atoms with Crippen LogP contribution < -0.4 is 5.32 Å². The van der Waals surface area contributed by atoms with E-state index < -0.39 is 12.1 Å². The first-order chi connectivity index (χ1) is 31.5. The van der Waals surface area contributed by atoms with Crippen molar-refractivity contribution in [1.82, 2.24) is 5.32 Å². The maximum absolute atomic E-state index is 12.4. The lowest BCUT2D eigenvalue weighted by Crippen LogP contribution is -2.45. The van der Waals surface area contributed by atoms with Crippen LogP contribution in [0.25, 0.3) is 0 Å². The molecule has 64 heavy (non-hydrogen) atoms. The van der Waals surface area contributed by atoms with Gasteiger partial charge in [-0.15, -0.1) is 0 Å². The van der Waals surface area contributed by atoms with Gasteiger partial charge in [0.05, 0.1) is 25.4 Å². The first-order valence-corrected chi connectivity index (χ1v) is 29.0. The lowest BCUT2D eigenvalue weighted by Gasteiger charge is -2.20. The molecule has 0 saturated heterocycles. The van der Waals surface area contributed by atoms with Crippen molar-refractivity contribution in [3.63, 3.8) is 0 Å². The Morgan fingerprint density at radius 1 is 0.422 bits per heavy atom. The fraction of sp³-hybridized carbons (Fsp3) is 0.931. The highest BCUT2D eigenvalue weighted by Gasteiger charge is 2.18. The van der Waals surface area contributed by atoms with Gasteiger partial charge in [0.15, 0.2) is 0 Å². The van der Waals surface area contributed by atoms with Gasteiger partial charge in [-0.3, -0.25) is 9.59 Å². The molecule has 3 N–H and O–H groups in total. The van der Waals surface area contributed by atoms with E-state index >= 15 is 0 Å². The number of ether oxygens (including phenoxy) is 1. The molecular weight excluding hydrogens is 791 g/mol. The number of aliphatic hydroxyl groups is 2. The summed E-state index contributed by atoms with van der Waals surface area (Å²) >= 11 is 0. The molecule has 0 bridgehead atoms. The highest BCUT2D eigenvalue weighted by atomic mass is 16.5. The number of unbranched alkanes of at least 4 members (excludes halogenated alkanes) is 43. The Hall–Kier alpha value is -1.40. The zero-order valence-electron chi connectivity index (χ0n) is 43.3. The van der Waals surface area contributed by atoms with Crippen molar-refractivity contribution in [1.29, 1.82) is 0 Å². The number of allylic oxidation sites excluding steroid dienone is 1. The normalized spacial score (nSPS) is 12.6. The van der Waals surface area contributed by atoms with Crippen LogP contribution in [0.5, 0.6) is 0 Å². The number of amides is 1. The number of rotatable bonds is 54. The SMILES string of the molecule is CCCCCCCCCCC/C=C/C(O)C(CO)NC(=O)CCCCCCCCCCCCCCCCCCCOC(=O)CCCCCCCCCCCCCCCCCCCCC. The fourth-order valence-corrected chi connectivity index (χ4v) is 9.11. The number of hydrogen-bond acceptors (Lipinski definition) is 5. The number of carbonyl (C=O) groups excluding carboxylic acids is 2. The minimum atomic E-state index is -0.845. The molecule has 380 valence electrons. The Kier molecular flexibility index (Phi) is 53.0. The van der Waals surface area contributed by atoms with Gasteiger partial charge < -0.3 is 20.3 Å². The highest BCUT2D eigenvalue weighted by Crippen LogP contribution is 2.17. The molecule has 0 heterocycles. The number of hydrogen-bond donors (Lipinski definition) is 3. The van der Waals surface area contributed by atoms with E-state index in [4.69, 9.17) is 4.74 Å². The number of nitrogens with one attached hydrogen (secondary N) is 1. The van der Waals surface area contributed by atoms with E-state index in [1.165, 1.54) is 257 Å². The Morgan fingerprint density at radius 2 is 0.719 bits per heavy atom. The molecule has 0 radical (unpaired) electrons. The third kappa shape index (κ3) is 50.0. The van der Waals surface area contributed by atoms with Gasteiger partial charge in [0.1, 0.15) is 0 Å². The third-order valence-corrected chi connectivity index (χ3v) is 13.6. The average Bonchev–Trinajstić information content (AvgIpc) is 3.29. The Bertz CT molecular complexity index is 955. The van der Waals surface area contributed by atoms with Gasteiger partial charge in [0.2, 0.25) is 5.91 Å². The molecule has 0 aromatic rings. The van der Waals surface area contributed by atoms with Gasteiger partial charge in [-0.25, -0.2) is 0 Å². The Labute approximate surface area is 399 Å². The Morgan fingerprint density at radius 3 is 1.06 bits per heavy atom. The van der Waals surface area contributed by atoms with Crippen molar-refractivity contribution in [3.05, 3.63) is 12.2 Å². The van der Waals surface area contributed by atoms with Gasteiger partial charge in [-0.05, 0) is 32.1 Å². The zero-order chi connectivity index (χ0) is 46.5. The van der Waals surface area contributed by atoms with Crippen molar-refractivity contribution in [2.24, 2.45) is 0 Å². The zero-order valence-corrected chi connectivity index (χ0v) is 43.3. The summed E-state index contributed by atoms with van der Waals surface area (Å²) in [6.45, 7) is 4.90. The van der Waals surface area contributed by atoms with Crippen LogP contribution in [0, 0.1) is 0 Å². The minimum absolute atomic E-state index is 0.00946. The molecule has 0 rings (SSSR count). The molecule has 0 spiro atoms. The van der Waals surface area contributed by atoms with E-state index in [1.54, 1.807) is 6.08 Å². The van der Waals surface area contributed by atoms with Crippen LogP contribution in [0.2, 0.25) is 0 Å². The second kappa shape index (κ2) is 54.2. The van der Waals surface area contributed by atoms with Crippen LogP contribution >= 0.6 is 0 Å². The van der Waals surface area contributed by atoms with Gasteiger partial charge in [-0.1, -0.05) is 289 Å². The van der Waals surface area contributed by atoms with Gasteiger partial charge >= 0.3 is 5.97 Å². The maximum atomic E-state index is 12.4. The quantitative estimate of drug-likeness (QED) is 0.0321. The summed E-state index contributed by atoms with van der Waals surface area (Å²) in [4.78, 5) is 24.5. The molecule has 6 heteroatoms. The monoisotopic (exact) mass is 904 g/mol. The fourth-order valence-electron chi connectivity index (χ4n) is 9.11. The standard InChI is InChI=1S/C58H113NO5/c1-3-5-7-9-11-13-15-16-17-18-19-22-25-28-32-36-40-44-48-52-58(63)64-53-49-45-41-37-33-29-26-23-20-21-24-27-31-35-39-43-47-51-57(62)59-55(54-60)56(61)50-46-42-38-34-30-14-12-10-8-6-4-2/h46,50,55-56,60-61H,3-45,47-49,51-54H2,1-2H3,(H,59,62)/b50-46+. The van der Waals surface area contributed by atoms with E-state index in [0.29, 0.717) is 19.4 Å². The minimum Gasteiger partial charge on any atom is -0.466 e. The molecule has 0 aliphatic carbocycles. The molecule has 1 amide bonds. The topological polar surface area (TPSA) is 95.9 Å². The smallest absolute Gasteiger partial charge is 0.305 e. The van der Waals surface area contributed by atoms with Gasteiger partial charge in [-0.2, -0.15) is 0 Å². The molecule has 0 aliphatic heterocycles. The van der Waals surface area contributed by atoms with Crippen molar-refractivity contribution in [2.75, 3.05) is 13.2 Å². The first-order valence-electron chi connectivity index (χ1n) is 29.0. The Balaban J connectivity index is 3.38. The molecule has 0 saturated carbocycles. The lowest BCUT2D eigenvalue weighted by atomic mass is 10.0. The van der Waals surface area contributed by atoms with Crippen LogP contribution in [0.4, 0.5) is 0 Å². The molecule has 2 unspecified atom stereocenters. The molecule has 0 aliphatic rings. The summed E-state index contributed by atoms with van der Waals surface area (Å²) in [7, 11) is 0. The first kappa shape index (κ1) is 62.6. The molecule has 2 atom stereocenters. The predicted octanol–water partition coefficient (Wildman–Crippen LogP) is 17.7. The summed E-state index contributed by atoms with van der Waals surface area (Å²) in [5, 5.41) is 23.0. The second-order valence-corrected chi connectivity index (χ2v) is 20.0. The maximum Gasteiger partial charge on any atom is 0.305 e. The van der Waals surface area contributed by atoms with Crippen molar-refractivity contribution in [2.45, 2.75) is 334 Å². The number of carbonyl (C=O) groups is 2. The lowest BCUT2D eigenvalue weighted by molar-refractivity contribution is -0.143. The van der Waals surface area contributed by atoms with E-state index in [0.717, 1.165) is 38.5 Å². The van der Waals surface area contributed by atoms with Crippen LogP contribution in [-0.2, 0) is 14.3 Å². The molecule has 0 aromatic carbocycles. The van der Waals surface area contributed by atoms with Crippen LogP contribution in [0.3, 0.4) is 0 Å². The van der Waals surface area contributed by atoms with Gasteiger partial charge in [0.25, 0.3) is 0 Å². The summed E-state index contributed by atoms with van der Waals surface area (Å²) in [6, 6.07) is -0.629. The van der Waals surface area contributed by atoms with E-state index in [9.17, 15) is 19.8 Å². The number of esters is 1. The summed E-state index contributed by atoms with van der Waals surface area (Å²) in [5.74, 6) is -0.0637. The molecular formula is C58H113NO5. The summed E-state index contributed by atoms with van der Waals surface area (Å²) in [6.07, 6.45) is 63.8. The van der Waals surface area contributed by atoms with E-state index in [1.807, 2.05) is 6.08 Å². The van der Waals surface area contributed by atoms with Crippen molar-refractivity contribution in [3.8, 4) is 0 Å². The molecule has 6 nitrogen and oxygen atoms in total. The van der Waals surface area contributed by atoms with E-state index in [-0.39, 0.29) is 18.5 Å². The number of aliphatic hydroxyl groups excluding tert-OH is 2. The summed E-state index contributed by atoms with van der Waals surface area (Å²) in [5.41, 5.74) is 0. The van der Waals surface area contributed by atoms with Crippen LogP contribution in [0.1, 0.15) is 322 Å². The largest absolute Gasteiger partial charge is 0.466 e. The van der Waals surface area contributed by atoms with Crippen molar-refractivity contribution >= 4 is 11.9 Å². The van der Waals surface area contributed by atoms with E-state index in [2.05, 4.69) is 19.2 Å². The van der Waals surface area contributed by atoms with Crippen LogP contribution in [-0.4, -0.2) is 47.4 Å². The summed E-state index contributed by atoms with van der Waals surface area (Å²) < 4.78 is 5.49. The molecule has 0 aromatic heterocycles. The van der Waals surface area contributed by atoms with Crippen molar-refractivity contribution < 1.29 is 24.5 Å². The molecule has 0 fully saturated rings.